The molecule has 0 unspecified atom stereocenters. The molecule has 0 aliphatic rings. The zero-order valence-corrected chi connectivity index (χ0v) is 41.0. The molecule has 0 saturated carbocycles. The monoisotopic (exact) mass is 685 g/mol. The van der Waals surface area contributed by atoms with Crippen LogP contribution in [0, 0.1) is 0 Å². The molecule has 42 heavy (non-hydrogen) atoms. The largest absolute Gasteiger partial charge is 0.0684 e. The quantitative estimate of drug-likeness (QED) is 0.259. The minimum Gasteiger partial charge on any atom is -0.0684 e. The van der Waals surface area contributed by atoms with Gasteiger partial charge in [0.05, 0.1) is 30.4 Å². The van der Waals surface area contributed by atoms with Crippen molar-refractivity contribution in [3.63, 3.8) is 0 Å². The van der Waals surface area contributed by atoms with Crippen molar-refractivity contribution in [1.82, 2.24) is 0 Å². The maximum atomic E-state index is 3.01. The molecular weight excluding hydrogens is 601 g/mol. The van der Waals surface area contributed by atoms with Crippen LogP contribution in [0.15, 0.2) is 0 Å². The molecule has 0 fully saturated rings. The van der Waals surface area contributed by atoms with Gasteiger partial charge in [0.2, 0.25) is 0 Å². The molecule has 0 aromatic carbocycles. The summed E-state index contributed by atoms with van der Waals surface area (Å²) < 4.78 is 0. The van der Waals surface area contributed by atoms with Crippen LogP contribution < -0.4 is 0 Å². The Hall–Kier alpha value is 1.30. The Morgan fingerprint density at radius 2 is 0.286 bits per heavy atom. The molecule has 0 amide bonds. The van der Waals surface area contributed by atoms with E-state index in [4.69, 9.17) is 0 Å². The van der Waals surface area contributed by atoms with E-state index < -0.39 is 44.2 Å². The maximum absolute atomic E-state index is 3.01. The maximum Gasteiger partial charge on any atom is 0.0638 e. The summed E-state index contributed by atoms with van der Waals surface area (Å²) in [6.07, 6.45) is 0. The van der Waals surface area contributed by atoms with Crippen molar-refractivity contribution < 1.29 is 0 Å². The van der Waals surface area contributed by atoms with E-state index in [9.17, 15) is 0 Å². The van der Waals surface area contributed by atoms with Gasteiger partial charge in [0.15, 0.2) is 0 Å². The molecule has 0 aliphatic carbocycles. The summed E-state index contributed by atoms with van der Waals surface area (Å²) >= 11 is 0. The second-order valence-corrected chi connectivity index (χ2v) is 75.8. The van der Waals surface area contributed by atoms with Crippen LogP contribution in [-0.4, -0.2) is 44.2 Å². The molecule has 0 aromatic rings. The Morgan fingerprint density at radius 1 is 0.214 bits per heavy atom. The third-order valence-electron chi connectivity index (χ3n) is 14.2. The molecule has 0 aliphatic heterocycles. The minimum atomic E-state index is -1.96. The lowest BCUT2D eigenvalue weighted by Crippen LogP contribution is -2.83. The number of hydrogen-bond acceptors (Lipinski definition) is 0. The summed E-state index contributed by atoms with van der Waals surface area (Å²) in [4.78, 5) is 0. The molecule has 0 saturated heterocycles. The summed E-state index contributed by atoms with van der Waals surface area (Å²) in [5, 5.41) is 2.86. The Labute approximate surface area is 275 Å². The van der Waals surface area contributed by atoms with E-state index in [1.54, 1.807) is 0 Å². The Balaban J connectivity index is 10.3. The van der Waals surface area contributed by atoms with Crippen molar-refractivity contribution in [2.75, 3.05) is 0 Å². The third kappa shape index (κ3) is 6.54. The summed E-state index contributed by atoms with van der Waals surface area (Å²) in [6.45, 7) is 75.6. The third-order valence-corrected chi connectivity index (χ3v) is 128. The molecule has 0 spiro atoms. The highest BCUT2D eigenvalue weighted by atomic mass is 30.0. The lowest BCUT2D eigenvalue weighted by molar-refractivity contribution is 0.623. The highest BCUT2D eigenvalue weighted by molar-refractivity contribution is 7.85. The molecule has 6 heteroatoms. The average molecular weight is 686 g/mol. The van der Waals surface area contributed by atoms with E-state index in [0.717, 1.165) is 0 Å². The van der Waals surface area contributed by atoms with Crippen LogP contribution >= 0.6 is 0 Å². The van der Waals surface area contributed by atoms with Crippen LogP contribution in [0.3, 0.4) is 0 Å². The van der Waals surface area contributed by atoms with E-state index in [2.05, 4.69) is 192 Å². The van der Waals surface area contributed by atoms with Crippen molar-refractivity contribution in [2.24, 2.45) is 0 Å². The molecule has 0 aromatic heterocycles. The molecule has 0 nitrogen and oxygen atoms in total. The molecular formula is C36H84Si6. The molecule has 252 valence electrons. The van der Waals surface area contributed by atoms with Crippen LogP contribution in [0.2, 0.25) is 66.5 Å². The SMILES string of the molecule is CC(C)(C)[Si](C)([Si](=[Si]([Si](C)(C(C)(C)C)C(C)(C)C)[Si](C)(C(C)(C)C)C(C)(C)C)[Si](C)(C(C)(C)C)C(C)(C)C)C(C)(C)C. The summed E-state index contributed by atoms with van der Waals surface area (Å²) in [6, 6.07) is 0. The van der Waals surface area contributed by atoms with E-state index in [1.807, 2.05) is 0 Å². The van der Waals surface area contributed by atoms with Crippen molar-refractivity contribution >= 4 is 44.2 Å². The average Bonchev–Trinajstić information content (AvgIpc) is 2.62. The van der Waals surface area contributed by atoms with Crippen molar-refractivity contribution in [3.8, 4) is 0 Å². The standard InChI is InChI=1S/C36H84Si6/c1-29(2,3)39(25,30(4,5)6)37(40(26,31(7,8)9)32(10,11)12)38(41(27,33(13,14)15)34(16,17)18)42(28,35(19,20)21)36(22,23)24/h1-28H3. The zero-order valence-electron chi connectivity index (χ0n) is 35.0. The van der Waals surface area contributed by atoms with Gasteiger partial charge in [-0.3, -0.25) is 0 Å². The predicted molar refractivity (Wildman–Crippen MR) is 216 cm³/mol. The minimum absolute atomic E-state index is 0.358. The van der Waals surface area contributed by atoms with Gasteiger partial charge in [-0.1, -0.05) is 192 Å². The van der Waals surface area contributed by atoms with E-state index in [0.29, 0.717) is 40.3 Å². The van der Waals surface area contributed by atoms with Gasteiger partial charge >= 0.3 is 0 Å². The van der Waals surface area contributed by atoms with Gasteiger partial charge in [-0.25, -0.2) is 0 Å². The van der Waals surface area contributed by atoms with Gasteiger partial charge in [-0.15, -0.1) is 0 Å². The fraction of sp³-hybridized carbons (Fsp3) is 1.00. The normalized spacial score (nSPS) is 16.6. The molecule has 0 rings (SSSR count). The molecule has 0 N–H and O–H groups in total. The van der Waals surface area contributed by atoms with Crippen molar-refractivity contribution in [1.29, 1.82) is 0 Å². The van der Waals surface area contributed by atoms with Crippen LogP contribution in [0.1, 0.15) is 166 Å². The smallest absolute Gasteiger partial charge is 0.0638 e. The van der Waals surface area contributed by atoms with E-state index in [1.165, 1.54) is 0 Å². The highest BCUT2D eigenvalue weighted by Gasteiger charge is 2.70. The fourth-order valence-electron chi connectivity index (χ4n) is 9.50. The van der Waals surface area contributed by atoms with Gasteiger partial charge < -0.3 is 0 Å². The van der Waals surface area contributed by atoms with Gasteiger partial charge in [-0.05, 0) is 54.2 Å². The van der Waals surface area contributed by atoms with Gasteiger partial charge in [0, 0.05) is 0 Å². The second kappa shape index (κ2) is 11.5. The van der Waals surface area contributed by atoms with Crippen LogP contribution in [0.25, 0.3) is 0 Å². The lowest BCUT2D eigenvalue weighted by atomic mass is 10.2. The Bertz CT molecular complexity index is 773. The molecule has 0 heterocycles. The predicted octanol–water partition coefficient (Wildman–Crippen LogP) is 14.1. The van der Waals surface area contributed by atoms with E-state index >= 15 is 0 Å². The molecule has 0 atom stereocenters. The molecule has 0 bridgehead atoms. The molecule has 0 radical (unpaired) electrons. The van der Waals surface area contributed by atoms with E-state index in [-0.39, 0.29) is 0 Å². The van der Waals surface area contributed by atoms with Crippen LogP contribution in [-0.2, 0) is 0 Å². The number of rotatable bonds is 4. The van der Waals surface area contributed by atoms with Crippen molar-refractivity contribution in [2.45, 2.75) is 233 Å². The van der Waals surface area contributed by atoms with Crippen LogP contribution in [0.5, 0.6) is 0 Å². The first-order valence-electron chi connectivity index (χ1n) is 17.2. The lowest BCUT2D eigenvalue weighted by Gasteiger charge is -2.68. The first-order valence-corrected chi connectivity index (χ1v) is 35.2. The van der Waals surface area contributed by atoms with Gasteiger partial charge in [0.1, 0.15) is 0 Å². The summed E-state index contributed by atoms with van der Waals surface area (Å²) in [7, 11) is -7.83. The first-order chi connectivity index (χ1) is 17.5. The number of hydrogen-bond donors (Lipinski definition) is 0. The van der Waals surface area contributed by atoms with Gasteiger partial charge in [0.25, 0.3) is 0 Å². The second-order valence-electron chi connectivity index (χ2n) is 23.2. The topological polar surface area (TPSA) is 0 Å². The highest BCUT2D eigenvalue weighted by Crippen LogP contribution is 2.64. The van der Waals surface area contributed by atoms with Gasteiger partial charge in [-0.2, -0.15) is 0 Å². The van der Waals surface area contributed by atoms with Crippen molar-refractivity contribution in [3.05, 3.63) is 0 Å². The fourth-order valence-corrected chi connectivity index (χ4v) is 202. The van der Waals surface area contributed by atoms with Crippen LogP contribution in [0.4, 0.5) is 0 Å². The Morgan fingerprint density at radius 3 is 0.333 bits per heavy atom. The zero-order chi connectivity index (χ0) is 35.2. The Kier molecular flexibility index (Phi) is 11.8. The summed E-state index contributed by atoms with van der Waals surface area (Å²) in [5.74, 6) is 0. The summed E-state index contributed by atoms with van der Waals surface area (Å²) in [5.41, 5.74) is 0. The first kappa shape index (κ1) is 43.3.